The number of allylic oxidation sites excluding steroid dienone is 1. The Hall–Kier alpha value is -2.69. The number of aromatic nitrogens is 1. The summed E-state index contributed by atoms with van der Waals surface area (Å²) in [7, 11) is 0. The zero-order valence-corrected chi connectivity index (χ0v) is 16.5. The topological polar surface area (TPSA) is 38.4 Å². The number of hydrogen-bond donors (Lipinski definition) is 0. The third-order valence-corrected chi connectivity index (χ3v) is 4.89. The SMILES string of the molecule is Clc1ccc(C=CC=Nc2ccc3oc(-c4ccccc4Br)nc3c2)cc1. The van der Waals surface area contributed by atoms with E-state index in [9.17, 15) is 0 Å². The Morgan fingerprint density at radius 1 is 1.00 bits per heavy atom. The van der Waals surface area contributed by atoms with E-state index < -0.39 is 0 Å². The molecule has 3 nitrogen and oxygen atoms in total. The van der Waals surface area contributed by atoms with Gasteiger partial charge >= 0.3 is 0 Å². The number of hydrogen-bond acceptors (Lipinski definition) is 3. The highest BCUT2D eigenvalue weighted by Crippen LogP contribution is 2.31. The zero-order valence-electron chi connectivity index (χ0n) is 14.1. The van der Waals surface area contributed by atoms with Crippen molar-refractivity contribution < 1.29 is 4.42 Å². The highest BCUT2D eigenvalue weighted by Gasteiger charge is 2.11. The van der Waals surface area contributed by atoms with Crippen LogP contribution < -0.4 is 0 Å². The molecule has 4 rings (SSSR count). The average molecular weight is 438 g/mol. The molecule has 0 saturated heterocycles. The largest absolute Gasteiger partial charge is 0.436 e. The van der Waals surface area contributed by atoms with Crippen molar-refractivity contribution in [3.63, 3.8) is 0 Å². The van der Waals surface area contributed by atoms with Gasteiger partial charge in [0.05, 0.1) is 11.3 Å². The maximum absolute atomic E-state index is 5.88. The molecule has 3 aromatic carbocycles. The fourth-order valence-corrected chi connectivity index (χ4v) is 3.18. The van der Waals surface area contributed by atoms with Gasteiger partial charge in [0.15, 0.2) is 5.58 Å². The molecule has 0 spiro atoms. The number of benzene rings is 3. The quantitative estimate of drug-likeness (QED) is 0.314. The summed E-state index contributed by atoms with van der Waals surface area (Å²) in [4.78, 5) is 9.05. The van der Waals surface area contributed by atoms with E-state index in [-0.39, 0.29) is 0 Å². The third kappa shape index (κ3) is 4.18. The first kappa shape index (κ1) is 17.7. The van der Waals surface area contributed by atoms with Crippen LogP contribution in [0, 0.1) is 0 Å². The molecule has 4 aromatic rings. The summed E-state index contributed by atoms with van der Waals surface area (Å²) in [5.41, 5.74) is 4.31. The van der Waals surface area contributed by atoms with E-state index >= 15 is 0 Å². The lowest BCUT2D eigenvalue weighted by Gasteiger charge is -1.97. The molecule has 27 heavy (non-hydrogen) atoms. The molecular formula is C22H14BrClN2O. The van der Waals surface area contributed by atoms with Crippen LogP contribution in [0.25, 0.3) is 28.6 Å². The van der Waals surface area contributed by atoms with Crippen LogP contribution in [0.2, 0.25) is 5.02 Å². The monoisotopic (exact) mass is 436 g/mol. The molecule has 5 heteroatoms. The number of aliphatic imine (C=N–C) groups is 1. The fraction of sp³-hybridized carbons (Fsp3) is 0. The van der Waals surface area contributed by atoms with E-state index in [0.717, 1.165) is 37.4 Å². The van der Waals surface area contributed by atoms with Gasteiger partial charge in [-0.2, -0.15) is 0 Å². The first-order chi connectivity index (χ1) is 13.2. The summed E-state index contributed by atoms with van der Waals surface area (Å²) >= 11 is 9.42. The van der Waals surface area contributed by atoms with Crippen LogP contribution in [-0.2, 0) is 0 Å². The molecule has 0 aliphatic heterocycles. The minimum Gasteiger partial charge on any atom is -0.436 e. The molecule has 0 bridgehead atoms. The van der Waals surface area contributed by atoms with Crippen LogP contribution in [0.3, 0.4) is 0 Å². The third-order valence-electron chi connectivity index (χ3n) is 3.94. The van der Waals surface area contributed by atoms with Crippen LogP contribution in [0.4, 0.5) is 5.69 Å². The van der Waals surface area contributed by atoms with E-state index in [1.54, 1.807) is 6.21 Å². The summed E-state index contributed by atoms with van der Waals surface area (Å²) in [6.07, 6.45) is 5.62. The minimum absolute atomic E-state index is 0.584. The van der Waals surface area contributed by atoms with Gasteiger partial charge in [-0.05, 0) is 70.0 Å². The lowest BCUT2D eigenvalue weighted by Crippen LogP contribution is -1.78. The first-order valence-electron chi connectivity index (χ1n) is 8.31. The first-order valence-corrected chi connectivity index (χ1v) is 9.48. The molecule has 1 aromatic heterocycles. The van der Waals surface area contributed by atoms with E-state index in [2.05, 4.69) is 25.9 Å². The minimum atomic E-state index is 0.584. The van der Waals surface area contributed by atoms with Gasteiger partial charge < -0.3 is 4.42 Å². The maximum atomic E-state index is 5.88. The van der Waals surface area contributed by atoms with Crippen LogP contribution in [0.1, 0.15) is 5.56 Å². The Labute approximate surface area is 170 Å². The molecule has 0 radical (unpaired) electrons. The van der Waals surface area contributed by atoms with Crippen molar-refractivity contribution in [3.8, 4) is 11.5 Å². The molecule has 0 aliphatic rings. The molecule has 0 amide bonds. The summed E-state index contributed by atoms with van der Waals surface area (Å²) in [5, 5.41) is 0.726. The van der Waals surface area contributed by atoms with Crippen molar-refractivity contribution in [1.82, 2.24) is 4.98 Å². The fourth-order valence-electron chi connectivity index (χ4n) is 2.60. The van der Waals surface area contributed by atoms with Gasteiger partial charge in [0, 0.05) is 15.7 Å². The highest BCUT2D eigenvalue weighted by atomic mass is 79.9. The van der Waals surface area contributed by atoms with Gasteiger partial charge in [0.1, 0.15) is 5.52 Å². The number of rotatable bonds is 4. The molecule has 1 heterocycles. The Morgan fingerprint density at radius 2 is 1.81 bits per heavy atom. The predicted octanol–water partition coefficient (Wildman–Crippen LogP) is 7.33. The second-order valence-electron chi connectivity index (χ2n) is 5.84. The van der Waals surface area contributed by atoms with Gasteiger partial charge in [-0.1, -0.05) is 41.9 Å². The molecule has 0 N–H and O–H groups in total. The van der Waals surface area contributed by atoms with Crippen LogP contribution >= 0.6 is 27.5 Å². The van der Waals surface area contributed by atoms with Gasteiger partial charge in [-0.15, -0.1) is 0 Å². The lowest BCUT2D eigenvalue weighted by molar-refractivity contribution is 0.619. The van der Waals surface area contributed by atoms with E-state index in [1.165, 1.54) is 0 Å². The standard InChI is InChI=1S/C22H14BrClN2O/c23-19-6-2-1-5-18(19)22-26-20-14-17(11-12-21(20)27-22)25-13-3-4-15-7-9-16(24)10-8-15/h1-14H. The molecule has 0 fully saturated rings. The Bertz CT molecular complexity index is 1150. The van der Waals surface area contributed by atoms with Crippen LogP contribution in [0.15, 0.2) is 86.7 Å². The second kappa shape index (κ2) is 7.91. The molecule has 0 atom stereocenters. The van der Waals surface area contributed by atoms with E-state index in [4.69, 9.17) is 16.0 Å². The zero-order chi connectivity index (χ0) is 18.6. The van der Waals surface area contributed by atoms with Crippen LogP contribution in [0.5, 0.6) is 0 Å². The van der Waals surface area contributed by atoms with Crippen molar-refractivity contribution in [1.29, 1.82) is 0 Å². The Morgan fingerprint density at radius 3 is 2.63 bits per heavy atom. The Kier molecular flexibility index (Phi) is 5.19. The summed E-state index contributed by atoms with van der Waals surface area (Å²) in [6.45, 7) is 0. The normalized spacial score (nSPS) is 11.8. The van der Waals surface area contributed by atoms with Crippen molar-refractivity contribution >= 4 is 56.6 Å². The molecule has 0 saturated carbocycles. The summed E-state index contributed by atoms with van der Waals surface area (Å²) in [5.74, 6) is 0.584. The van der Waals surface area contributed by atoms with Crippen molar-refractivity contribution in [3.05, 3.63) is 87.9 Å². The number of oxazole rings is 1. The van der Waals surface area contributed by atoms with Gasteiger partial charge in [0.25, 0.3) is 0 Å². The molecule has 0 aliphatic carbocycles. The van der Waals surface area contributed by atoms with Crippen molar-refractivity contribution in [2.24, 2.45) is 4.99 Å². The number of halogens is 2. The summed E-state index contributed by atoms with van der Waals surface area (Å²) < 4.78 is 6.81. The lowest BCUT2D eigenvalue weighted by atomic mass is 10.2. The van der Waals surface area contributed by atoms with Gasteiger partial charge in [-0.3, -0.25) is 4.99 Å². The second-order valence-corrected chi connectivity index (χ2v) is 7.13. The smallest absolute Gasteiger partial charge is 0.228 e. The molecule has 132 valence electrons. The number of fused-ring (bicyclic) bond motifs is 1. The average Bonchev–Trinajstić information content (AvgIpc) is 3.10. The van der Waals surface area contributed by atoms with Crippen molar-refractivity contribution in [2.75, 3.05) is 0 Å². The Balaban J connectivity index is 1.55. The maximum Gasteiger partial charge on any atom is 0.228 e. The van der Waals surface area contributed by atoms with Gasteiger partial charge in [-0.25, -0.2) is 4.98 Å². The highest BCUT2D eigenvalue weighted by molar-refractivity contribution is 9.10. The van der Waals surface area contributed by atoms with Crippen molar-refractivity contribution in [2.45, 2.75) is 0 Å². The van der Waals surface area contributed by atoms with Crippen LogP contribution in [-0.4, -0.2) is 11.2 Å². The predicted molar refractivity (Wildman–Crippen MR) is 116 cm³/mol. The van der Waals surface area contributed by atoms with E-state index in [1.807, 2.05) is 78.9 Å². The summed E-state index contributed by atoms with van der Waals surface area (Å²) in [6, 6.07) is 21.2. The molecular weight excluding hydrogens is 424 g/mol. The molecule has 0 unspecified atom stereocenters. The van der Waals surface area contributed by atoms with Gasteiger partial charge in [0.2, 0.25) is 5.89 Å². The number of nitrogens with zero attached hydrogens (tertiary/aromatic N) is 2. The van der Waals surface area contributed by atoms with E-state index in [0.29, 0.717) is 5.89 Å².